The summed E-state index contributed by atoms with van der Waals surface area (Å²) < 4.78 is 12.4. The quantitative estimate of drug-likeness (QED) is 0.909. The van der Waals surface area contributed by atoms with Gasteiger partial charge in [-0.05, 0) is 53.4 Å². The minimum absolute atomic E-state index is 0.0749. The van der Waals surface area contributed by atoms with Crippen LogP contribution in [-0.2, 0) is 5.41 Å². The minimum Gasteiger partial charge on any atom is -0.493 e. The number of halogens is 1. The normalized spacial score (nSPS) is 17.8. The van der Waals surface area contributed by atoms with Crippen LogP contribution in [0.5, 0.6) is 5.75 Å². The number of nitrogens with two attached hydrogens (primary N) is 1. The maximum Gasteiger partial charge on any atom is 0.177 e. The minimum atomic E-state index is 0.0749. The Morgan fingerprint density at radius 3 is 2.65 bits per heavy atom. The first-order chi connectivity index (χ1) is 9.61. The molecule has 0 atom stereocenters. The van der Waals surface area contributed by atoms with Gasteiger partial charge >= 0.3 is 0 Å². The van der Waals surface area contributed by atoms with Gasteiger partial charge < -0.3 is 14.9 Å². The summed E-state index contributed by atoms with van der Waals surface area (Å²) in [5.74, 6) is 1.69. The summed E-state index contributed by atoms with van der Waals surface area (Å²) in [6, 6.07) is 4.16. The summed E-state index contributed by atoms with van der Waals surface area (Å²) in [6.45, 7) is 2.64. The van der Waals surface area contributed by atoms with E-state index in [-0.39, 0.29) is 5.41 Å². The number of benzene rings is 1. The molecule has 2 aromatic rings. The van der Waals surface area contributed by atoms with E-state index in [2.05, 4.69) is 28.1 Å². The van der Waals surface area contributed by atoms with Gasteiger partial charge in [0.1, 0.15) is 5.76 Å². The van der Waals surface area contributed by atoms with Gasteiger partial charge in [-0.25, -0.2) is 0 Å². The van der Waals surface area contributed by atoms with Crippen molar-refractivity contribution >= 4 is 26.9 Å². The molecule has 1 heterocycles. The zero-order valence-corrected chi connectivity index (χ0v) is 13.5. The third kappa shape index (κ3) is 1.97. The summed E-state index contributed by atoms with van der Waals surface area (Å²) in [5, 5.41) is 1.08. The van der Waals surface area contributed by atoms with Gasteiger partial charge in [0.25, 0.3) is 0 Å². The van der Waals surface area contributed by atoms with Crippen molar-refractivity contribution in [3.05, 3.63) is 27.9 Å². The number of hydrogen-bond acceptors (Lipinski definition) is 3. The molecule has 0 radical (unpaired) electrons. The first-order valence-corrected chi connectivity index (χ1v) is 7.88. The molecule has 1 aliphatic carbocycles. The van der Waals surface area contributed by atoms with Gasteiger partial charge in [0, 0.05) is 21.8 Å². The van der Waals surface area contributed by atoms with E-state index in [0.29, 0.717) is 6.54 Å². The Balaban J connectivity index is 2.28. The zero-order chi connectivity index (χ0) is 14.3. The molecule has 0 spiro atoms. The molecule has 0 amide bonds. The highest BCUT2D eigenvalue weighted by molar-refractivity contribution is 9.10. The van der Waals surface area contributed by atoms with Gasteiger partial charge in [-0.1, -0.05) is 12.8 Å². The van der Waals surface area contributed by atoms with E-state index in [1.165, 1.54) is 18.4 Å². The van der Waals surface area contributed by atoms with E-state index in [9.17, 15) is 0 Å². The van der Waals surface area contributed by atoms with Crippen LogP contribution >= 0.6 is 15.9 Å². The Morgan fingerprint density at radius 2 is 2.05 bits per heavy atom. The standard InChI is InChI=1S/C16H20BrNO2/c1-10-7-11-14(17)12(8-13(19-2)15(11)20-10)16(9-18)5-3-4-6-16/h7-8H,3-6,9,18H2,1-2H3. The number of furan rings is 1. The number of rotatable bonds is 3. The number of aryl methyl sites for hydroxylation is 1. The number of methoxy groups -OCH3 is 1. The molecule has 1 fully saturated rings. The third-order valence-electron chi connectivity index (χ3n) is 4.57. The van der Waals surface area contributed by atoms with Crippen molar-refractivity contribution in [2.75, 3.05) is 13.7 Å². The van der Waals surface area contributed by atoms with Crippen LogP contribution in [0.25, 0.3) is 11.0 Å². The second-order valence-electron chi connectivity index (χ2n) is 5.73. The van der Waals surface area contributed by atoms with Gasteiger partial charge in [-0.3, -0.25) is 0 Å². The second kappa shape index (κ2) is 5.08. The molecular formula is C16H20BrNO2. The van der Waals surface area contributed by atoms with Crippen LogP contribution in [0.15, 0.2) is 21.0 Å². The first kappa shape index (κ1) is 14.0. The largest absolute Gasteiger partial charge is 0.493 e. The fourth-order valence-corrected chi connectivity index (χ4v) is 4.27. The van der Waals surface area contributed by atoms with Gasteiger partial charge in [0.15, 0.2) is 11.3 Å². The average Bonchev–Trinajstić information content (AvgIpc) is 3.06. The Labute approximate surface area is 127 Å². The van der Waals surface area contributed by atoms with Crippen molar-refractivity contribution in [2.45, 2.75) is 38.0 Å². The van der Waals surface area contributed by atoms with Crippen molar-refractivity contribution in [1.29, 1.82) is 0 Å². The van der Waals surface area contributed by atoms with Crippen molar-refractivity contribution in [3.8, 4) is 5.75 Å². The highest BCUT2D eigenvalue weighted by atomic mass is 79.9. The van der Waals surface area contributed by atoms with E-state index >= 15 is 0 Å². The lowest BCUT2D eigenvalue weighted by Gasteiger charge is -2.29. The maximum atomic E-state index is 6.13. The molecule has 0 bridgehead atoms. The molecule has 3 rings (SSSR count). The van der Waals surface area contributed by atoms with Crippen LogP contribution in [0.1, 0.15) is 37.0 Å². The number of fused-ring (bicyclic) bond motifs is 1. The Kier molecular flexibility index (Phi) is 3.55. The molecule has 1 aliphatic rings. The first-order valence-electron chi connectivity index (χ1n) is 7.08. The van der Waals surface area contributed by atoms with Gasteiger partial charge in [-0.15, -0.1) is 0 Å². The molecule has 108 valence electrons. The van der Waals surface area contributed by atoms with E-state index in [1.54, 1.807) is 7.11 Å². The van der Waals surface area contributed by atoms with Crippen molar-refractivity contribution < 1.29 is 9.15 Å². The molecule has 20 heavy (non-hydrogen) atoms. The maximum absolute atomic E-state index is 6.13. The van der Waals surface area contributed by atoms with E-state index in [4.69, 9.17) is 14.9 Å². The monoisotopic (exact) mass is 337 g/mol. The zero-order valence-electron chi connectivity index (χ0n) is 12.0. The summed E-state index contributed by atoms with van der Waals surface area (Å²) in [7, 11) is 1.69. The lowest BCUT2D eigenvalue weighted by molar-refractivity contribution is 0.402. The fraction of sp³-hybridized carbons (Fsp3) is 0.500. The molecular weight excluding hydrogens is 318 g/mol. The predicted octanol–water partition coefficient (Wildman–Crippen LogP) is 4.28. The van der Waals surface area contributed by atoms with Crippen LogP contribution in [0.2, 0.25) is 0 Å². The molecule has 1 aromatic heterocycles. The Bertz CT molecular complexity index is 641. The van der Waals surface area contributed by atoms with E-state index in [1.807, 2.05) is 6.92 Å². The topological polar surface area (TPSA) is 48.4 Å². The van der Waals surface area contributed by atoms with Crippen LogP contribution in [0.3, 0.4) is 0 Å². The van der Waals surface area contributed by atoms with Crippen LogP contribution < -0.4 is 10.5 Å². The SMILES string of the molecule is COc1cc(C2(CN)CCCC2)c(Br)c2cc(C)oc12. The molecule has 1 saturated carbocycles. The average molecular weight is 338 g/mol. The lowest BCUT2D eigenvalue weighted by Crippen LogP contribution is -2.32. The Hall–Kier alpha value is -1.00. The molecule has 0 saturated heterocycles. The van der Waals surface area contributed by atoms with Gasteiger partial charge in [-0.2, -0.15) is 0 Å². The summed E-state index contributed by atoms with van der Waals surface area (Å²) in [4.78, 5) is 0. The molecule has 0 aliphatic heterocycles. The highest BCUT2D eigenvalue weighted by Gasteiger charge is 2.37. The summed E-state index contributed by atoms with van der Waals surface area (Å²) in [5.41, 5.74) is 8.28. The van der Waals surface area contributed by atoms with Crippen molar-refractivity contribution in [3.63, 3.8) is 0 Å². The molecule has 1 aromatic carbocycles. The summed E-state index contributed by atoms with van der Waals surface area (Å²) in [6.07, 6.45) is 4.78. The van der Waals surface area contributed by atoms with Crippen LogP contribution in [0.4, 0.5) is 0 Å². The third-order valence-corrected chi connectivity index (χ3v) is 5.42. The van der Waals surface area contributed by atoms with Gasteiger partial charge in [0.2, 0.25) is 0 Å². The Morgan fingerprint density at radius 1 is 1.35 bits per heavy atom. The van der Waals surface area contributed by atoms with Crippen LogP contribution in [0, 0.1) is 6.92 Å². The lowest BCUT2D eigenvalue weighted by atomic mass is 9.78. The smallest absolute Gasteiger partial charge is 0.177 e. The number of hydrogen-bond donors (Lipinski definition) is 1. The van der Waals surface area contributed by atoms with Crippen molar-refractivity contribution in [1.82, 2.24) is 0 Å². The number of ether oxygens (including phenoxy) is 1. The predicted molar refractivity (Wildman–Crippen MR) is 84.4 cm³/mol. The molecule has 4 heteroatoms. The second-order valence-corrected chi connectivity index (χ2v) is 6.52. The summed E-state index contributed by atoms with van der Waals surface area (Å²) >= 11 is 3.77. The van der Waals surface area contributed by atoms with Gasteiger partial charge in [0.05, 0.1) is 7.11 Å². The highest BCUT2D eigenvalue weighted by Crippen LogP contribution is 2.47. The van der Waals surface area contributed by atoms with E-state index < -0.39 is 0 Å². The molecule has 3 nitrogen and oxygen atoms in total. The van der Waals surface area contributed by atoms with Crippen molar-refractivity contribution in [2.24, 2.45) is 5.73 Å². The van der Waals surface area contributed by atoms with E-state index in [0.717, 1.165) is 39.8 Å². The van der Waals surface area contributed by atoms with Crippen LogP contribution in [-0.4, -0.2) is 13.7 Å². The molecule has 0 unspecified atom stereocenters. The fourth-order valence-electron chi connectivity index (χ4n) is 3.44. The molecule has 2 N–H and O–H groups in total.